The van der Waals surface area contributed by atoms with Crippen LogP contribution in [0.5, 0.6) is 0 Å². The number of carbonyl (C=O) groups excluding carboxylic acids is 2. The summed E-state index contributed by atoms with van der Waals surface area (Å²) < 4.78 is 33.2. The Kier molecular flexibility index (Phi) is 10.3. The summed E-state index contributed by atoms with van der Waals surface area (Å²) in [4.78, 5) is 24.9. The average molecular weight is 516 g/mol. The van der Waals surface area contributed by atoms with Crippen LogP contribution in [0.25, 0.3) is 0 Å². The zero-order valence-corrected chi connectivity index (χ0v) is 19.1. The SMILES string of the molecule is O=C(CCn1cncn1)NC[C@H](Cc1ccc(Cl)cc1)c1ccc(Cl)cc1.O=C([O-])C(F)(F)F. The molecule has 0 saturated heterocycles. The van der Waals surface area contributed by atoms with Crippen LogP contribution in [-0.4, -0.2) is 39.4 Å². The van der Waals surface area contributed by atoms with Gasteiger partial charge in [0.05, 0.1) is 6.54 Å². The van der Waals surface area contributed by atoms with E-state index in [1.807, 2.05) is 48.5 Å². The van der Waals surface area contributed by atoms with Crippen LogP contribution in [0, 0.1) is 0 Å². The van der Waals surface area contributed by atoms with Gasteiger partial charge in [-0.3, -0.25) is 9.48 Å². The maximum atomic E-state index is 12.2. The number of alkyl halides is 3. The van der Waals surface area contributed by atoms with Gasteiger partial charge in [0.15, 0.2) is 0 Å². The number of nitrogens with one attached hydrogen (secondary N) is 1. The van der Waals surface area contributed by atoms with Gasteiger partial charge < -0.3 is 15.2 Å². The Labute approximate surface area is 203 Å². The van der Waals surface area contributed by atoms with Gasteiger partial charge in [0.25, 0.3) is 0 Å². The quantitative estimate of drug-likeness (QED) is 0.495. The van der Waals surface area contributed by atoms with E-state index in [1.54, 1.807) is 11.0 Å². The fourth-order valence-electron chi connectivity index (χ4n) is 2.84. The first-order valence-corrected chi connectivity index (χ1v) is 10.7. The average Bonchev–Trinajstić information content (AvgIpc) is 3.31. The van der Waals surface area contributed by atoms with Crippen molar-refractivity contribution in [3.8, 4) is 0 Å². The van der Waals surface area contributed by atoms with E-state index in [9.17, 15) is 18.0 Å². The third-order valence-corrected chi connectivity index (χ3v) is 5.05. The zero-order valence-electron chi connectivity index (χ0n) is 17.6. The molecule has 0 aliphatic carbocycles. The molecule has 3 rings (SSSR count). The number of hydrogen-bond donors (Lipinski definition) is 1. The highest BCUT2D eigenvalue weighted by atomic mass is 35.5. The number of aliphatic carboxylic acids is 1. The standard InChI is InChI=1S/C20H20Cl2N4O.C2HF3O2/c21-18-5-1-15(2-6-18)11-17(16-3-7-19(22)8-4-16)12-24-20(27)9-10-26-14-23-13-25-26;3-2(4,5)1(6)7/h1-8,13-14,17H,9-12H2,(H,24,27);(H,6,7)/p-1/t17-;/m0./s1. The zero-order chi connectivity index (χ0) is 25.1. The minimum atomic E-state index is -5.19. The van der Waals surface area contributed by atoms with Crippen molar-refractivity contribution in [2.45, 2.75) is 31.5 Å². The van der Waals surface area contributed by atoms with Crippen molar-refractivity contribution >= 4 is 35.1 Å². The van der Waals surface area contributed by atoms with Crippen LogP contribution in [0.4, 0.5) is 13.2 Å². The lowest BCUT2D eigenvalue weighted by Crippen LogP contribution is -2.37. The molecule has 0 aliphatic rings. The molecule has 0 bridgehead atoms. The van der Waals surface area contributed by atoms with E-state index in [0.29, 0.717) is 29.6 Å². The van der Waals surface area contributed by atoms with Crippen LogP contribution in [0.3, 0.4) is 0 Å². The largest absolute Gasteiger partial charge is 0.542 e. The minimum absolute atomic E-state index is 0.0134. The Bertz CT molecular complexity index is 1040. The Morgan fingerprint density at radius 2 is 1.59 bits per heavy atom. The van der Waals surface area contributed by atoms with Gasteiger partial charge in [-0.25, -0.2) is 4.98 Å². The summed E-state index contributed by atoms with van der Waals surface area (Å²) in [5, 5.41) is 17.2. The number of halogens is 5. The summed E-state index contributed by atoms with van der Waals surface area (Å²) in [6.07, 6.45) is -0.981. The van der Waals surface area contributed by atoms with Gasteiger partial charge in [0, 0.05) is 28.9 Å². The molecule has 0 saturated carbocycles. The predicted molar refractivity (Wildman–Crippen MR) is 118 cm³/mol. The van der Waals surface area contributed by atoms with Crippen molar-refractivity contribution in [2.24, 2.45) is 0 Å². The molecule has 7 nitrogen and oxygen atoms in total. The van der Waals surface area contributed by atoms with E-state index in [2.05, 4.69) is 15.4 Å². The van der Waals surface area contributed by atoms with E-state index in [-0.39, 0.29) is 11.8 Å². The lowest BCUT2D eigenvalue weighted by atomic mass is 9.92. The molecule has 0 unspecified atom stereocenters. The fourth-order valence-corrected chi connectivity index (χ4v) is 3.09. The van der Waals surface area contributed by atoms with Crippen LogP contribution < -0.4 is 10.4 Å². The smallest absolute Gasteiger partial charge is 0.430 e. The molecule has 1 heterocycles. The second kappa shape index (κ2) is 13.0. The van der Waals surface area contributed by atoms with Gasteiger partial charge in [-0.1, -0.05) is 47.5 Å². The number of amides is 1. The van der Waals surface area contributed by atoms with E-state index in [0.717, 1.165) is 17.5 Å². The van der Waals surface area contributed by atoms with Crippen LogP contribution in [0.1, 0.15) is 23.5 Å². The van der Waals surface area contributed by atoms with Gasteiger partial charge in [0.1, 0.15) is 18.6 Å². The van der Waals surface area contributed by atoms with Gasteiger partial charge in [-0.2, -0.15) is 18.3 Å². The second-order valence-electron chi connectivity index (χ2n) is 7.08. The number of carbonyl (C=O) groups is 2. The first-order chi connectivity index (χ1) is 16.0. The third-order valence-electron chi connectivity index (χ3n) is 4.55. The molecule has 182 valence electrons. The Morgan fingerprint density at radius 3 is 2.09 bits per heavy atom. The number of carboxylic acids is 1. The maximum Gasteiger partial charge on any atom is 0.430 e. The molecule has 1 N–H and O–H groups in total. The van der Waals surface area contributed by atoms with E-state index >= 15 is 0 Å². The Morgan fingerprint density at radius 1 is 1.03 bits per heavy atom. The number of aryl methyl sites for hydroxylation is 1. The van der Waals surface area contributed by atoms with Crippen LogP contribution >= 0.6 is 23.2 Å². The molecule has 0 fully saturated rings. The molecule has 0 radical (unpaired) electrons. The first-order valence-electron chi connectivity index (χ1n) is 9.91. The Balaban J connectivity index is 0.000000509. The summed E-state index contributed by atoms with van der Waals surface area (Å²) >= 11 is 12.0. The first kappa shape index (κ1) is 27.1. The summed E-state index contributed by atoms with van der Waals surface area (Å²) in [6, 6.07) is 15.5. The van der Waals surface area contributed by atoms with Gasteiger partial charge >= 0.3 is 6.18 Å². The normalized spacial score (nSPS) is 11.8. The number of aromatic nitrogens is 3. The van der Waals surface area contributed by atoms with Crippen LogP contribution in [0.15, 0.2) is 61.2 Å². The van der Waals surface area contributed by atoms with Crippen LogP contribution in [0.2, 0.25) is 10.0 Å². The summed E-state index contributed by atoms with van der Waals surface area (Å²) in [7, 11) is 0. The molecular formula is C22H20Cl2F3N4O3-. The van der Waals surface area contributed by atoms with Crippen LogP contribution in [-0.2, 0) is 22.6 Å². The highest BCUT2D eigenvalue weighted by Gasteiger charge is 2.28. The van der Waals surface area contributed by atoms with Crippen molar-refractivity contribution in [2.75, 3.05) is 6.54 Å². The highest BCUT2D eigenvalue weighted by Crippen LogP contribution is 2.23. The van der Waals surface area contributed by atoms with Gasteiger partial charge in [0.2, 0.25) is 5.91 Å². The van der Waals surface area contributed by atoms with Gasteiger partial charge in [-0.15, -0.1) is 0 Å². The number of benzene rings is 2. The molecular weight excluding hydrogens is 496 g/mol. The molecule has 2 aromatic carbocycles. The van der Waals surface area contributed by atoms with Crippen molar-refractivity contribution in [3.63, 3.8) is 0 Å². The lowest BCUT2D eigenvalue weighted by molar-refractivity contribution is -0.344. The van der Waals surface area contributed by atoms with Crippen molar-refractivity contribution in [3.05, 3.63) is 82.4 Å². The summed E-state index contributed by atoms with van der Waals surface area (Å²) in [5.41, 5.74) is 2.29. The highest BCUT2D eigenvalue weighted by molar-refractivity contribution is 6.30. The number of carboxylic acid groups (broad SMARTS) is 1. The summed E-state index contributed by atoms with van der Waals surface area (Å²) in [6.45, 7) is 1.05. The molecule has 1 amide bonds. The minimum Gasteiger partial charge on any atom is -0.542 e. The molecule has 34 heavy (non-hydrogen) atoms. The molecule has 1 atom stereocenters. The second-order valence-corrected chi connectivity index (χ2v) is 7.95. The predicted octanol–water partition coefficient (Wildman–Crippen LogP) is 3.42. The van der Waals surface area contributed by atoms with E-state index in [4.69, 9.17) is 33.1 Å². The molecule has 12 heteroatoms. The Hall–Kier alpha value is -3.11. The number of nitrogens with zero attached hydrogens (tertiary/aromatic N) is 3. The monoisotopic (exact) mass is 515 g/mol. The number of hydrogen-bond acceptors (Lipinski definition) is 5. The maximum absolute atomic E-state index is 12.2. The molecule has 0 aliphatic heterocycles. The van der Waals surface area contributed by atoms with E-state index in [1.165, 1.54) is 6.33 Å². The third kappa shape index (κ3) is 9.80. The summed E-state index contributed by atoms with van der Waals surface area (Å²) in [5.74, 6) is -2.88. The lowest BCUT2D eigenvalue weighted by Gasteiger charge is -2.19. The number of rotatable bonds is 8. The molecule has 1 aromatic heterocycles. The molecule has 3 aromatic rings. The topological polar surface area (TPSA) is 99.9 Å². The van der Waals surface area contributed by atoms with Crippen molar-refractivity contribution in [1.29, 1.82) is 0 Å². The fraction of sp³-hybridized carbons (Fsp3) is 0.273. The van der Waals surface area contributed by atoms with E-state index < -0.39 is 12.1 Å². The van der Waals surface area contributed by atoms with Crippen molar-refractivity contribution < 1.29 is 27.9 Å². The van der Waals surface area contributed by atoms with Gasteiger partial charge in [-0.05, 0) is 41.8 Å². The van der Waals surface area contributed by atoms with Crippen molar-refractivity contribution in [1.82, 2.24) is 20.1 Å². The molecule has 0 spiro atoms.